The molecule has 0 bridgehead atoms. The van der Waals surface area contributed by atoms with E-state index in [-0.39, 0.29) is 20.0 Å². The summed E-state index contributed by atoms with van der Waals surface area (Å²) in [7, 11) is 5.96. The van der Waals surface area contributed by atoms with E-state index in [0.717, 1.165) is 93.4 Å². The molecule has 0 amide bonds. The first-order valence-electron chi connectivity index (χ1n) is 28.8. The van der Waals surface area contributed by atoms with E-state index in [1.165, 1.54) is 27.7 Å². The second-order valence-electron chi connectivity index (χ2n) is 24.1. The fraction of sp³-hybridized carbons (Fsp3) is 0.426. The van der Waals surface area contributed by atoms with Crippen LogP contribution in [0.1, 0.15) is 121 Å². The molecule has 0 radical (unpaired) electrons. The molecule has 0 fully saturated rings. The summed E-state index contributed by atoms with van der Waals surface area (Å²) in [5, 5.41) is 36.9. The average Bonchev–Trinajstić information content (AvgIpc) is 3.15. The number of alkyl halides is 3. The molecular formula is C68H84F3N9O3. The Morgan fingerprint density at radius 2 is 0.976 bits per heavy atom. The van der Waals surface area contributed by atoms with Crippen molar-refractivity contribution < 1.29 is 28.5 Å². The summed E-state index contributed by atoms with van der Waals surface area (Å²) in [6, 6.07) is 29.5. The molecule has 12 rings (SSSR count). The predicted molar refractivity (Wildman–Crippen MR) is 328 cm³/mol. The Labute approximate surface area is 487 Å². The molecule has 9 aromatic rings. The number of nitrogens with zero attached hydrogens (tertiary/aromatic N) is 9. The molecule has 0 saturated heterocycles. The minimum atomic E-state index is -2.47. The topological polar surface area (TPSA) is 124 Å². The molecule has 440 valence electrons. The number of aromatic nitrogens is 6. The minimum absolute atomic E-state index is 0. The number of hydrogen-bond acceptors (Lipinski definition) is 9. The SMILES string of the molecule is C.CCC1Cc2c(c3cc(C)ccc3n2CC(C)(O)c2cccnc2)CN1C.Cc1ccc2c(c1)c1c(n2CC(C)(O)c2cccnc2)CCN(C)C1C(F)F.Cc1ccc2c(c1)c1c(n2CC(C)(O)c2cccnc2)CCN(C)C1CF. The molecule has 0 saturated carbocycles. The van der Waals surface area contributed by atoms with Crippen LogP contribution in [0.15, 0.2) is 128 Å². The smallest absolute Gasteiger partial charge is 0.258 e. The molecule has 9 heterocycles. The van der Waals surface area contributed by atoms with E-state index in [0.29, 0.717) is 43.2 Å². The van der Waals surface area contributed by atoms with Crippen molar-refractivity contribution in [1.82, 2.24) is 43.4 Å². The predicted octanol–water partition coefficient (Wildman–Crippen LogP) is 12.5. The van der Waals surface area contributed by atoms with E-state index >= 15 is 0 Å². The van der Waals surface area contributed by atoms with Gasteiger partial charge in [-0.15, -0.1) is 0 Å². The van der Waals surface area contributed by atoms with Gasteiger partial charge in [0, 0.05) is 160 Å². The lowest BCUT2D eigenvalue weighted by atomic mass is 9.95. The van der Waals surface area contributed by atoms with Gasteiger partial charge in [0.1, 0.15) is 23.5 Å². The van der Waals surface area contributed by atoms with Gasteiger partial charge in [0.15, 0.2) is 0 Å². The lowest BCUT2D eigenvalue weighted by molar-refractivity contribution is 0.0275. The Morgan fingerprint density at radius 1 is 0.566 bits per heavy atom. The van der Waals surface area contributed by atoms with Crippen molar-refractivity contribution in [3.8, 4) is 0 Å². The highest BCUT2D eigenvalue weighted by molar-refractivity contribution is 5.89. The van der Waals surface area contributed by atoms with Gasteiger partial charge in [-0.2, -0.15) is 0 Å². The van der Waals surface area contributed by atoms with Gasteiger partial charge in [0.05, 0.1) is 31.7 Å². The summed E-state index contributed by atoms with van der Waals surface area (Å²) < 4.78 is 48.5. The number of fused-ring (bicyclic) bond motifs is 9. The van der Waals surface area contributed by atoms with Crippen LogP contribution in [0, 0.1) is 20.8 Å². The molecule has 3 N–H and O–H groups in total. The van der Waals surface area contributed by atoms with E-state index in [1.54, 1.807) is 62.1 Å². The third-order valence-corrected chi connectivity index (χ3v) is 17.8. The van der Waals surface area contributed by atoms with Gasteiger partial charge >= 0.3 is 0 Å². The number of likely N-dealkylation sites (N-methyl/N-ethyl adjacent to an activating group) is 3. The second kappa shape index (κ2) is 24.5. The van der Waals surface area contributed by atoms with Crippen LogP contribution in [0.2, 0.25) is 0 Å². The Bertz CT molecular complexity index is 3690. The number of benzene rings is 3. The van der Waals surface area contributed by atoms with Crippen LogP contribution in [0.25, 0.3) is 32.7 Å². The summed E-state index contributed by atoms with van der Waals surface area (Å²) in [5.74, 6) is 0. The standard InChI is InChI=1S/C23H29N3O.C22H25F2N3O.C22H26FN3O.CH4/c1-5-18-12-22-20(14-25(18)4)19-11-16(2)8-9-21(19)26(22)15-23(3,27)17-7-6-10-24-13-17;1-14-6-7-17-16(11-14)19-18(8-10-26(3)20(19)21(23)24)27(17)13-22(2,28)15-5-4-9-25-12-15;1-15-6-7-18-17(11-15)21-19(8-10-25(3)20(21)12-23)26(18)14-22(2,27)16-5-4-9-24-13-16;/h6-11,13,18,27H,5,12,14-15H2,1-4H3;4-7,9,11-12,20-21,28H,8,10,13H2,1-3H3;4-7,9,11,13,20,27H,8,10,12,14H2,1-3H3;1H4. The van der Waals surface area contributed by atoms with Crippen LogP contribution >= 0.6 is 0 Å². The van der Waals surface area contributed by atoms with Gasteiger partial charge in [0.2, 0.25) is 0 Å². The van der Waals surface area contributed by atoms with Gasteiger partial charge in [-0.05, 0) is 129 Å². The normalized spacial score (nSPS) is 19.6. The van der Waals surface area contributed by atoms with Crippen molar-refractivity contribution >= 4 is 32.7 Å². The Hall–Kier alpha value is -6.72. The molecule has 83 heavy (non-hydrogen) atoms. The molecule has 3 aliphatic rings. The molecule has 3 aliphatic heterocycles. The summed E-state index contributed by atoms with van der Waals surface area (Å²) in [5.41, 5.74) is 12.4. The Morgan fingerprint density at radius 3 is 1.40 bits per heavy atom. The lowest BCUT2D eigenvalue weighted by Crippen LogP contribution is -2.38. The van der Waals surface area contributed by atoms with E-state index in [4.69, 9.17) is 0 Å². The van der Waals surface area contributed by atoms with Gasteiger partial charge in [-0.1, -0.05) is 67.4 Å². The third-order valence-electron chi connectivity index (χ3n) is 17.8. The number of pyridine rings is 3. The van der Waals surface area contributed by atoms with Crippen molar-refractivity contribution in [2.45, 2.75) is 149 Å². The highest BCUT2D eigenvalue weighted by Gasteiger charge is 2.39. The molecule has 6 atom stereocenters. The van der Waals surface area contributed by atoms with Crippen molar-refractivity contribution in [1.29, 1.82) is 0 Å². The molecule has 0 spiro atoms. The Balaban J connectivity index is 0.000000149. The molecule has 3 aromatic carbocycles. The summed E-state index contributed by atoms with van der Waals surface area (Å²) >= 11 is 0. The van der Waals surface area contributed by atoms with Crippen LogP contribution in [-0.2, 0) is 62.2 Å². The first-order valence-corrected chi connectivity index (χ1v) is 28.8. The number of aliphatic hydroxyl groups is 3. The zero-order valence-electron chi connectivity index (χ0n) is 49.2. The fourth-order valence-corrected chi connectivity index (χ4v) is 13.1. The molecule has 6 aromatic heterocycles. The second-order valence-corrected chi connectivity index (χ2v) is 24.1. The van der Waals surface area contributed by atoms with Crippen molar-refractivity contribution in [2.24, 2.45) is 0 Å². The summed E-state index contributed by atoms with van der Waals surface area (Å²) in [4.78, 5) is 18.8. The highest BCUT2D eigenvalue weighted by Crippen LogP contribution is 2.43. The minimum Gasteiger partial charge on any atom is -0.384 e. The number of rotatable bonds is 12. The van der Waals surface area contributed by atoms with Crippen LogP contribution in [-0.4, -0.2) is 112 Å². The molecule has 12 nitrogen and oxygen atoms in total. The monoisotopic (exact) mass is 1130 g/mol. The van der Waals surface area contributed by atoms with Crippen molar-refractivity contribution in [3.63, 3.8) is 0 Å². The zero-order valence-corrected chi connectivity index (χ0v) is 49.2. The van der Waals surface area contributed by atoms with Gasteiger partial charge < -0.3 is 29.0 Å². The summed E-state index contributed by atoms with van der Waals surface area (Å²) in [6.45, 7) is 17.1. The molecule has 15 heteroatoms. The van der Waals surface area contributed by atoms with E-state index in [9.17, 15) is 28.5 Å². The molecular weight excluding hydrogens is 1050 g/mol. The van der Waals surface area contributed by atoms with E-state index in [1.807, 2.05) is 80.9 Å². The maximum atomic E-state index is 14.0. The number of hydrogen-bond donors (Lipinski definition) is 3. The average molecular weight is 1130 g/mol. The van der Waals surface area contributed by atoms with Gasteiger partial charge in [-0.3, -0.25) is 29.7 Å². The first-order chi connectivity index (χ1) is 39.1. The van der Waals surface area contributed by atoms with E-state index in [2.05, 4.69) is 98.1 Å². The lowest BCUT2D eigenvalue weighted by Gasteiger charge is -2.34. The maximum Gasteiger partial charge on any atom is 0.258 e. The number of aryl methyl sites for hydroxylation is 3. The van der Waals surface area contributed by atoms with Crippen LogP contribution in [0.5, 0.6) is 0 Å². The van der Waals surface area contributed by atoms with Gasteiger partial charge in [0.25, 0.3) is 6.43 Å². The summed E-state index contributed by atoms with van der Waals surface area (Å²) in [6.07, 6.45) is 11.5. The highest BCUT2D eigenvalue weighted by atomic mass is 19.3. The quantitative estimate of drug-likeness (QED) is 0.110. The third kappa shape index (κ3) is 12.0. The van der Waals surface area contributed by atoms with Crippen LogP contribution in [0.4, 0.5) is 13.2 Å². The largest absolute Gasteiger partial charge is 0.384 e. The Kier molecular flexibility index (Phi) is 17.9. The zero-order chi connectivity index (χ0) is 58.4. The molecule has 0 aliphatic carbocycles. The van der Waals surface area contributed by atoms with Gasteiger partial charge in [-0.25, -0.2) is 13.2 Å². The maximum absolute atomic E-state index is 14.0. The fourth-order valence-electron chi connectivity index (χ4n) is 13.1. The van der Waals surface area contributed by atoms with E-state index < -0.39 is 35.9 Å². The van der Waals surface area contributed by atoms with Crippen LogP contribution in [0.3, 0.4) is 0 Å². The molecule has 6 unspecified atom stereocenters. The first kappa shape index (κ1) is 60.9. The van der Waals surface area contributed by atoms with Crippen molar-refractivity contribution in [3.05, 3.63) is 195 Å². The number of halogens is 3. The van der Waals surface area contributed by atoms with Crippen molar-refractivity contribution in [2.75, 3.05) is 40.9 Å². The van der Waals surface area contributed by atoms with Crippen LogP contribution < -0.4 is 0 Å².